The summed E-state index contributed by atoms with van der Waals surface area (Å²) in [6.07, 6.45) is 0. The standard InChI is InChI=1S/C9H9F2NS/c1-5-4-13-9-7(12-5)3-2-6(10)8(9)11/h2-3,5,12H,4H2,1H3/t5-/m0/s1. The summed E-state index contributed by atoms with van der Waals surface area (Å²) in [7, 11) is 0. The van der Waals surface area contributed by atoms with Crippen molar-refractivity contribution in [1.29, 1.82) is 0 Å². The van der Waals surface area contributed by atoms with Gasteiger partial charge in [-0.3, -0.25) is 0 Å². The molecule has 13 heavy (non-hydrogen) atoms. The van der Waals surface area contributed by atoms with Gasteiger partial charge in [0.1, 0.15) is 0 Å². The number of anilines is 1. The number of hydrogen-bond donors (Lipinski definition) is 1. The van der Waals surface area contributed by atoms with E-state index in [1.54, 1.807) is 6.07 Å². The van der Waals surface area contributed by atoms with Crippen molar-refractivity contribution >= 4 is 17.4 Å². The molecule has 70 valence electrons. The molecule has 0 saturated carbocycles. The van der Waals surface area contributed by atoms with Gasteiger partial charge in [-0.05, 0) is 19.1 Å². The van der Waals surface area contributed by atoms with E-state index < -0.39 is 11.6 Å². The second-order valence-electron chi connectivity index (χ2n) is 3.09. The summed E-state index contributed by atoms with van der Waals surface area (Å²) >= 11 is 1.36. The Labute approximate surface area is 79.5 Å². The Balaban J connectivity index is 2.47. The molecule has 1 aliphatic rings. The van der Waals surface area contributed by atoms with Gasteiger partial charge < -0.3 is 5.32 Å². The molecule has 0 fully saturated rings. The monoisotopic (exact) mass is 201 g/mol. The number of nitrogens with one attached hydrogen (secondary N) is 1. The highest BCUT2D eigenvalue weighted by atomic mass is 32.2. The van der Waals surface area contributed by atoms with Gasteiger partial charge in [0, 0.05) is 11.8 Å². The zero-order valence-corrected chi connectivity index (χ0v) is 7.92. The van der Waals surface area contributed by atoms with E-state index in [1.165, 1.54) is 11.8 Å². The maximum atomic E-state index is 13.2. The second kappa shape index (κ2) is 3.18. The molecule has 0 radical (unpaired) electrons. The van der Waals surface area contributed by atoms with E-state index in [1.807, 2.05) is 6.92 Å². The van der Waals surface area contributed by atoms with Gasteiger partial charge in [0.25, 0.3) is 0 Å². The fraction of sp³-hybridized carbons (Fsp3) is 0.333. The van der Waals surface area contributed by atoms with Crippen LogP contribution in [-0.4, -0.2) is 11.8 Å². The molecule has 4 heteroatoms. The van der Waals surface area contributed by atoms with Crippen LogP contribution in [0.5, 0.6) is 0 Å². The number of halogens is 2. The number of fused-ring (bicyclic) bond motifs is 1. The molecule has 1 heterocycles. The maximum absolute atomic E-state index is 13.2. The lowest BCUT2D eigenvalue weighted by Crippen LogP contribution is -2.22. The molecule has 1 atom stereocenters. The Morgan fingerprint density at radius 2 is 2.23 bits per heavy atom. The average molecular weight is 201 g/mol. The highest BCUT2D eigenvalue weighted by Gasteiger charge is 2.20. The first-order chi connectivity index (χ1) is 6.18. The van der Waals surface area contributed by atoms with E-state index in [9.17, 15) is 8.78 Å². The topological polar surface area (TPSA) is 12.0 Å². The van der Waals surface area contributed by atoms with Crippen molar-refractivity contribution in [3.63, 3.8) is 0 Å². The third-order valence-corrected chi connectivity index (χ3v) is 3.28. The van der Waals surface area contributed by atoms with Crippen molar-refractivity contribution < 1.29 is 8.78 Å². The lowest BCUT2D eigenvalue weighted by molar-refractivity contribution is 0.491. The van der Waals surface area contributed by atoms with Crippen LogP contribution in [0.3, 0.4) is 0 Å². The van der Waals surface area contributed by atoms with Crippen molar-refractivity contribution in [1.82, 2.24) is 0 Å². The van der Waals surface area contributed by atoms with Gasteiger partial charge in [-0.1, -0.05) is 0 Å². The van der Waals surface area contributed by atoms with Crippen LogP contribution in [0.25, 0.3) is 0 Å². The van der Waals surface area contributed by atoms with E-state index in [-0.39, 0.29) is 0 Å². The molecule has 1 aliphatic heterocycles. The van der Waals surface area contributed by atoms with Crippen LogP contribution in [0.4, 0.5) is 14.5 Å². The van der Waals surface area contributed by atoms with E-state index in [0.717, 1.165) is 11.8 Å². The molecule has 1 N–H and O–H groups in total. The predicted octanol–water partition coefficient (Wildman–Crippen LogP) is 2.87. The van der Waals surface area contributed by atoms with Gasteiger partial charge in [0.2, 0.25) is 0 Å². The van der Waals surface area contributed by atoms with Gasteiger partial charge >= 0.3 is 0 Å². The van der Waals surface area contributed by atoms with Crippen LogP contribution < -0.4 is 5.32 Å². The van der Waals surface area contributed by atoms with Crippen molar-refractivity contribution in [2.75, 3.05) is 11.1 Å². The average Bonchev–Trinajstić information content (AvgIpc) is 2.12. The summed E-state index contributed by atoms with van der Waals surface area (Å²) in [5.41, 5.74) is 0.697. The van der Waals surface area contributed by atoms with Crippen LogP contribution in [0.2, 0.25) is 0 Å². The number of rotatable bonds is 0. The van der Waals surface area contributed by atoms with Crippen LogP contribution in [0.15, 0.2) is 17.0 Å². The van der Waals surface area contributed by atoms with E-state index in [2.05, 4.69) is 5.32 Å². The fourth-order valence-electron chi connectivity index (χ4n) is 1.30. The van der Waals surface area contributed by atoms with Crippen molar-refractivity contribution in [3.05, 3.63) is 23.8 Å². The first-order valence-electron chi connectivity index (χ1n) is 4.06. The highest BCUT2D eigenvalue weighted by molar-refractivity contribution is 7.99. The lowest BCUT2D eigenvalue weighted by Gasteiger charge is -2.23. The molecule has 0 amide bonds. The molecule has 0 spiro atoms. The van der Waals surface area contributed by atoms with Crippen LogP contribution in [0.1, 0.15) is 6.92 Å². The first kappa shape index (κ1) is 8.81. The lowest BCUT2D eigenvalue weighted by atomic mass is 10.2. The van der Waals surface area contributed by atoms with Crippen molar-refractivity contribution in [2.45, 2.75) is 17.9 Å². The molecule has 0 unspecified atom stereocenters. The summed E-state index contributed by atoms with van der Waals surface area (Å²) in [5, 5.41) is 3.10. The summed E-state index contributed by atoms with van der Waals surface area (Å²) in [4.78, 5) is 0.401. The van der Waals surface area contributed by atoms with Gasteiger partial charge in [-0.25, -0.2) is 8.78 Å². The van der Waals surface area contributed by atoms with Gasteiger partial charge in [-0.2, -0.15) is 0 Å². The Morgan fingerprint density at radius 3 is 3.00 bits per heavy atom. The molecule has 0 aromatic heterocycles. The zero-order valence-electron chi connectivity index (χ0n) is 7.10. The molecule has 0 saturated heterocycles. The van der Waals surface area contributed by atoms with Crippen LogP contribution >= 0.6 is 11.8 Å². The minimum absolute atomic E-state index is 0.308. The Bertz CT molecular complexity index is 341. The quantitative estimate of drug-likeness (QED) is 0.692. The van der Waals surface area contributed by atoms with Crippen molar-refractivity contribution in [2.24, 2.45) is 0 Å². The first-order valence-corrected chi connectivity index (χ1v) is 5.04. The normalized spacial score (nSPS) is 20.7. The second-order valence-corrected chi connectivity index (χ2v) is 4.12. The molecular formula is C9H9F2NS. The predicted molar refractivity (Wildman–Crippen MR) is 50.2 cm³/mol. The summed E-state index contributed by atoms with van der Waals surface area (Å²) in [6.45, 7) is 2.01. The van der Waals surface area contributed by atoms with Crippen molar-refractivity contribution in [3.8, 4) is 0 Å². The molecule has 0 bridgehead atoms. The van der Waals surface area contributed by atoms with Gasteiger partial charge in [0.15, 0.2) is 11.6 Å². The van der Waals surface area contributed by atoms with Gasteiger partial charge in [-0.15, -0.1) is 11.8 Å². The molecule has 1 aromatic rings. The number of thioether (sulfide) groups is 1. The summed E-state index contributed by atoms with van der Waals surface area (Å²) in [5.74, 6) is -0.739. The SMILES string of the molecule is C[C@H]1CSc2c(ccc(F)c2F)N1. The van der Waals surface area contributed by atoms with Gasteiger partial charge in [0.05, 0.1) is 10.6 Å². The minimum Gasteiger partial charge on any atom is -0.381 e. The van der Waals surface area contributed by atoms with Crippen LogP contribution in [-0.2, 0) is 0 Å². The third kappa shape index (κ3) is 1.50. The van der Waals surface area contributed by atoms with E-state index in [0.29, 0.717) is 16.6 Å². The maximum Gasteiger partial charge on any atom is 0.174 e. The summed E-state index contributed by atoms with van der Waals surface area (Å²) < 4.78 is 26.0. The molecular weight excluding hydrogens is 192 g/mol. The van der Waals surface area contributed by atoms with E-state index in [4.69, 9.17) is 0 Å². The largest absolute Gasteiger partial charge is 0.381 e. The molecule has 2 rings (SSSR count). The molecule has 1 aromatic carbocycles. The minimum atomic E-state index is -0.775. The third-order valence-electron chi connectivity index (χ3n) is 1.93. The Morgan fingerprint density at radius 1 is 1.46 bits per heavy atom. The Kier molecular flexibility index (Phi) is 2.15. The number of benzene rings is 1. The Hall–Kier alpha value is -0.770. The fourth-order valence-corrected chi connectivity index (χ4v) is 2.31. The number of hydrogen-bond acceptors (Lipinski definition) is 2. The highest BCUT2D eigenvalue weighted by Crippen LogP contribution is 2.35. The van der Waals surface area contributed by atoms with E-state index >= 15 is 0 Å². The molecule has 1 nitrogen and oxygen atoms in total. The zero-order chi connectivity index (χ0) is 9.42. The molecule has 0 aliphatic carbocycles. The smallest absolute Gasteiger partial charge is 0.174 e. The summed E-state index contributed by atoms with van der Waals surface area (Å²) in [6, 6.07) is 3.04. The van der Waals surface area contributed by atoms with Crippen LogP contribution in [0, 0.1) is 11.6 Å².